The Labute approximate surface area is 148 Å². The number of hydrogen-bond acceptors (Lipinski definition) is 3. The van der Waals surface area contributed by atoms with E-state index < -0.39 is 0 Å². The van der Waals surface area contributed by atoms with E-state index in [2.05, 4.69) is 10.6 Å². The fourth-order valence-electron chi connectivity index (χ4n) is 2.60. The summed E-state index contributed by atoms with van der Waals surface area (Å²) in [5.74, 6) is -0.0367. The SMILES string of the molecule is CC(=O)NCc1ccc(-c2cc(C(=O)NC3CC3)ccc2C)cc1.N. The van der Waals surface area contributed by atoms with Crippen LogP contribution in [-0.2, 0) is 11.3 Å². The van der Waals surface area contributed by atoms with Crippen molar-refractivity contribution in [2.24, 2.45) is 0 Å². The first-order valence-corrected chi connectivity index (χ1v) is 8.28. The molecule has 1 saturated carbocycles. The van der Waals surface area contributed by atoms with Crippen LogP contribution in [0.15, 0.2) is 42.5 Å². The summed E-state index contributed by atoms with van der Waals surface area (Å²) < 4.78 is 0. The molecule has 0 bridgehead atoms. The summed E-state index contributed by atoms with van der Waals surface area (Å²) >= 11 is 0. The number of hydrogen-bond donors (Lipinski definition) is 3. The first kappa shape index (κ1) is 18.7. The molecule has 5 nitrogen and oxygen atoms in total. The molecule has 0 atom stereocenters. The maximum Gasteiger partial charge on any atom is 0.251 e. The molecule has 5 heteroatoms. The monoisotopic (exact) mass is 339 g/mol. The van der Waals surface area contributed by atoms with Gasteiger partial charge in [0.25, 0.3) is 5.91 Å². The third-order valence-electron chi connectivity index (χ3n) is 4.22. The molecule has 2 aromatic rings. The molecule has 0 heterocycles. The standard InChI is InChI=1S/C20H22N2O2.H3N/c1-13-3-6-17(20(24)22-18-9-10-18)11-19(13)16-7-4-15(5-8-16)12-21-14(2)23;/h3-8,11,18H,9-10,12H2,1-2H3,(H,21,23)(H,22,24);1H3. The Hall–Kier alpha value is -2.66. The van der Waals surface area contributed by atoms with E-state index in [-0.39, 0.29) is 18.0 Å². The van der Waals surface area contributed by atoms with Crippen LogP contribution in [0.3, 0.4) is 0 Å². The zero-order chi connectivity index (χ0) is 17.1. The van der Waals surface area contributed by atoms with Gasteiger partial charge in [-0.2, -0.15) is 0 Å². The number of aryl methyl sites for hydroxylation is 1. The maximum atomic E-state index is 12.2. The molecule has 0 radical (unpaired) electrons. The Kier molecular flexibility index (Phi) is 5.93. The van der Waals surface area contributed by atoms with Crippen LogP contribution in [0.25, 0.3) is 11.1 Å². The summed E-state index contributed by atoms with van der Waals surface area (Å²) in [4.78, 5) is 23.2. The van der Waals surface area contributed by atoms with Crippen molar-refractivity contribution in [1.82, 2.24) is 16.8 Å². The van der Waals surface area contributed by atoms with Crippen molar-refractivity contribution >= 4 is 11.8 Å². The second kappa shape index (κ2) is 7.94. The second-order valence-corrected chi connectivity index (χ2v) is 6.38. The minimum atomic E-state index is -0.0377. The van der Waals surface area contributed by atoms with Crippen LogP contribution in [0.4, 0.5) is 0 Å². The van der Waals surface area contributed by atoms with E-state index in [1.165, 1.54) is 6.92 Å². The quantitative estimate of drug-likeness (QED) is 0.780. The van der Waals surface area contributed by atoms with Crippen LogP contribution >= 0.6 is 0 Å². The van der Waals surface area contributed by atoms with Gasteiger partial charge >= 0.3 is 0 Å². The fourth-order valence-corrected chi connectivity index (χ4v) is 2.60. The Morgan fingerprint density at radius 1 is 1.08 bits per heavy atom. The Bertz CT molecular complexity index is 765. The Morgan fingerprint density at radius 3 is 2.36 bits per heavy atom. The van der Waals surface area contributed by atoms with Gasteiger partial charge in [-0.1, -0.05) is 30.3 Å². The normalized spacial score (nSPS) is 12.9. The van der Waals surface area contributed by atoms with E-state index in [1.54, 1.807) is 0 Å². The summed E-state index contributed by atoms with van der Waals surface area (Å²) in [6, 6.07) is 14.2. The lowest BCUT2D eigenvalue weighted by Gasteiger charge is -2.11. The molecule has 1 aliphatic carbocycles. The minimum Gasteiger partial charge on any atom is -0.352 e. The average molecular weight is 339 g/mol. The second-order valence-electron chi connectivity index (χ2n) is 6.38. The van der Waals surface area contributed by atoms with Crippen molar-refractivity contribution in [1.29, 1.82) is 0 Å². The van der Waals surface area contributed by atoms with E-state index in [4.69, 9.17) is 0 Å². The number of carbonyl (C=O) groups excluding carboxylic acids is 2. The lowest BCUT2D eigenvalue weighted by atomic mass is 9.97. The molecule has 0 aromatic heterocycles. The molecule has 0 aliphatic heterocycles. The smallest absolute Gasteiger partial charge is 0.251 e. The zero-order valence-electron chi connectivity index (χ0n) is 14.8. The van der Waals surface area contributed by atoms with Gasteiger partial charge in [0, 0.05) is 25.1 Å². The summed E-state index contributed by atoms with van der Waals surface area (Å²) in [6.45, 7) is 4.08. The van der Waals surface area contributed by atoms with Gasteiger partial charge in [-0.3, -0.25) is 9.59 Å². The third kappa shape index (κ3) is 4.90. The van der Waals surface area contributed by atoms with E-state index in [9.17, 15) is 9.59 Å². The molecule has 132 valence electrons. The highest BCUT2D eigenvalue weighted by Crippen LogP contribution is 2.26. The molecule has 25 heavy (non-hydrogen) atoms. The number of amides is 2. The lowest BCUT2D eigenvalue weighted by Crippen LogP contribution is -2.25. The molecule has 1 aliphatic rings. The molecule has 1 fully saturated rings. The van der Waals surface area contributed by atoms with Crippen molar-refractivity contribution < 1.29 is 9.59 Å². The van der Waals surface area contributed by atoms with Crippen LogP contribution in [0.1, 0.15) is 41.3 Å². The molecular formula is C20H25N3O2. The Balaban J connectivity index is 0.00000225. The Morgan fingerprint density at radius 2 is 1.76 bits per heavy atom. The number of rotatable bonds is 5. The van der Waals surface area contributed by atoms with E-state index >= 15 is 0 Å². The van der Waals surface area contributed by atoms with Gasteiger partial charge in [0.15, 0.2) is 0 Å². The molecule has 3 rings (SSSR count). The predicted molar refractivity (Wildman–Crippen MR) is 99.6 cm³/mol. The van der Waals surface area contributed by atoms with Crippen LogP contribution in [0.2, 0.25) is 0 Å². The van der Waals surface area contributed by atoms with E-state index in [0.29, 0.717) is 18.2 Å². The molecule has 2 amide bonds. The molecule has 0 spiro atoms. The van der Waals surface area contributed by atoms with Crippen molar-refractivity contribution in [2.45, 2.75) is 39.3 Å². The predicted octanol–water partition coefficient (Wildman–Crippen LogP) is 3.35. The van der Waals surface area contributed by atoms with Gasteiger partial charge in [-0.05, 0) is 54.2 Å². The van der Waals surface area contributed by atoms with Gasteiger partial charge in [-0.25, -0.2) is 0 Å². The first-order valence-electron chi connectivity index (χ1n) is 8.28. The highest BCUT2D eigenvalue weighted by molar-refractivity contribution is 5.96. The van der Waals surface area contributed by atoms with Gasteiger partial charge in [0.05, 0.1) is 0 Å². The summed E-state index contributed by atoms with van der Waals surface area (Å²) in [6.07, 6.45) is 2.17. The molecule has 2 aromatic carbocycles. The minimum absolute atomic E-state index is 0. The van der Waals surface area contributed by atoms with Gasteiger partial charge in [-0.15, -0.1) is 0 Å². The van der Waals surface area contributed by atoms with E-state index in [0.717, 1.165) is 35.1 Å². The number of carbonyl (C=O) groups is 2. The molecule has 5 N–H and O–H groups in total. The summed E-state index contributed by atoms with van der Waals surface area (Å²) in [7, 11) is 0. The zero-order valence-corrected chi connectivity index (χ0v) is 14.8. The topological polar surface area (TPSA) is 93.2 Å². The van der Waals surface area contributed by atoms with E-state index in [1.807, 2.05) is 49.4 Å². The lowest BCUT2D eigenvalue weighted by molar-refractivity contribution is -0.119. The molecular weight excluding hydrogens is 314 g/mol. The molecule has 0 saturated heterocycles. The van der Waals surface area contributed by atoms with Crippen molar-refractivity contribution in [3.8, 4) is 11.1 Å². The maximum absolute atomic E-state index is 12.2. The average Bonchev–Trinajstić information content (AvgIpc) is 3.38. The van der Waals surface area contributed by atoms with Gasteiger partial charge < -0.3 is 16.8 Å². The van der Waals surface area contributed by atoms with Crippen molar-refractivity contribution in [2.75, 3.05) is 0 Å². The highest BCUT2D eigenvalue weighted by atomic mass is 16.2. The fraction of sp³-hybridized carbons (Fsp3) is 0.300. The summed E-state index contributed by atoms with van der Waals surface area (Å²) in [5, 5.41) is 5.81. The first-order chi connectivity index (χ1) is 11.5. The van der Waals surface area contributed by atoms with Crippen LogP contribution < -0.4 is 16.8 Å². The van der Waals surface area contributed by atoms with Crippen LogP contribution in [0.5, 0.6) is 0 Å². The number of nitrogens with one attached hydrogen (secondary N) is 2. The summed E-state index contributed by atoms with van der Waals surface area (Å²) in [5.41, 5.74) is 5.01. The van der Waals surface area contributed by atoms with Crippen LogP contribution in [0, 0.1) is 6.92 Å². The third-order valence-corrected chi connectivity index (χ3v) is 4.22. The van der Waals surface area contributed by atoms with Crippen molar-refractivity contribution in [3.05, 3.63) is 59.2 Å². The largest absolute Gasteiger partial charge is 0.352 e. The number of benzene rings is 2. The van der Waals surface area contributed by atoms with Gasteiger partial charge in [0.1, 0.15) is 0 Å². The highest BCUT2D eigenvalue weighted by Gasteiger charge is 2.24. The molecule has 0 unspecified atom stereocenters. The van der Waals surface area contributed by atoms with Crippen LogP contribution in [-0.4, -0.2) is 17.9 Å². The van der Waals surface area contributed by atoms with Crippen molar-refractivity contribution in [3.63, 3.8) is 0 Å². The van der Waals surface area contributed by atoms with Gasteiger partial charge in [0.2, 0.25) is 5.91 Å².